The molecule has 0 aromatic carbocycles. The van der Waals surface area contributed by atoms with Crippen molar-refractivity contribution in [1.29, 1.82) is 0 Å². The van der Waals surface area contributed by atoms with Gasteiger partial charge >= 0.3 is 0 Å². The third-order valence-corrected chi connectivity index (χ3v) is 14.9. The monoisotopic (exact) mass is 432 g/mol. The lowest BCUT2D eigenvalue weighted by Gasteiger charge is -2.65. The van der Waals surface area contributed by atoms with E-state index in [2.05, 4.69) is 54.6 Å². The van der Waals surface area contributed by atoms with Crippen molar-refractivity contribution in [2.75, 3.05) is 6.61 Å². The van der Waals surface area contributed by atoms with Gasteiger partial charge in [0.15, 0.2) is 8.32 Å². The summed E-state index contributed by atoms with van der Waals surface area (Å²) in [7, 11) is -1.86. The van der Waals surface area contributed by atoms with E-state index in [9.17, 15) is 5.11 Å². The average molecular weight is 433 g/mol. The van der Waals surface area contributed by atoms with Crippen LogP contribution >= 0.6 is 0 Å². The predicted molar refractivity (Wildman–Crippen MR) is 125 cm³/mol. The van der Waals surface area contributed by atoms with Crippen molar-refractivity contribution < 1.29 is 13.9 Å². The predicted octanol–water partition coefficient (Wildman–Crippen LogP) is 6.70. The number of aliphatic hydroxyl groups excluding tert-OH is 1. The minimum absolute atomic E-state index is 0.166. The fraction of sp³-hybridized carbons (Fsp3) is 0.846. The Bertz CT molecular complexity index is 792. The molecule has 0 saturated heterocycles. The molecule has 0 unspecified atom stereocenters. The van der Waals surface area contributed by atoms with Gasteiger partial charge in [-0.2, -0.15) is 0 Å². The van der Waals surface area contributed by atoms with Crippen molar-refractivity contribution in [3.8, 4) is 0 Å². The number of hydrogen-bond donors (Lipinski definition) is 1. The van der Waals surface area contributed by atoms with E-state index in [4.69, 9.17) is 8.84 Å². The Morgan fingerprint density at radius 3 is 2.43 bits per heavy atom. The highest BCUT2D eigenvalue weighted by molar-refractivity contribution is 6.74. The van der Waals surface area contributed by atoms with Gasteiger partial charge in [0.25, 0.3) is 0 Å². The van der Waals surface area contributed by atoms with E-state index in [1.54, 1.807) is 0 Å². The zero-order chi connectivity index (χ0) is 22.2. The van der Waals surface area contributed by atoms with Crippen molar-refractivity contribution in [2.45, 2.75) is 110 Å². The SMILES string of the molecule is CC(C)(C)[Si](C)(C)OC[C@]1(C)[C@@H]2CC[C@@]3(C)c4cocc4CC[C@@H]3[C@@]2(C)CC[C@@H]1O. The Morgan fingerprint density at radius 2 is 1.77 bits per heavy atom. The molecule has 6 atom stereocenters. The maximum Gasteiger partial charge on any atom is 0.192 e. The van der Waals surface area contributed by atoms with E-state index in [0.717, 1.165) is 19.3 Å². The molecule has 3 nitrogen and oxygen atoms in total. The Kier molecular flexibility index (Phi) is 5.24. The molecule has 0 bridgehead atoms. The molecule has 3 aliphatic rings. The average Bonchev–Trinajstić information content (AvgIpc) is 3.13. The Morgan fingerprint density at radius 1 is 1.07 bits per heavy atom. The first-order valence-corrected chi connectivity index (χ1v) is 15.0. The van der Waals surface area contributed by atoms with Crippen LogP contribution in [0.4, 0.5) is 0 Å². The minimum atomic E-state index is -1.86. The van der Waals surface area contributed by atoms with Crippen LogP contribution in [0.5, 0.6) is 0 Å². The van der Waals surface area contributed by atoms with E-state index in [-0.39, 0.29) is 27.4 Å². The molecule has 30 heavy (non-hydrogen) atoms. The van der Waals surface area contributed by atoms with Gasteiger partial charge < -0.3 is 13.9 Å². The van der Waals surface area contributed by atoms with Crippen LogP contribution in [0.15, 0.2) is 16.9 Å². The van der Waals surface area contributed by atoms with Gasteiger partial charge in [0, 0.05) is 12.0 Å². The first-order valence-electron chi connectivity index (χ1n) is 12.1. The van der Waals surface area contributed by atoms with Crippen LogP contribution in [0.2, 0.25) is 18.1 Å². The standard InChI is InChI=1S/C26H44O3Si/c1-23(2,3)30(7,8)29-17-26(6)21-11-13-24(4)19-16-28-15-18(19)9-10-20(24)25(21,5)14-12-22(26)27/h15-16,20-22,27H,9-14,17H2,1-8H3/t20-,21+,22-,24-,25+,26+/m0/s1. The molecule has 1 aromatic heterocycles. The highest BCUT2D eigenvalue weighted by Crippen LogP contribution is 2.67. The highest BCUT2D eigenvalue weighted by atomic mass is 28.4. The topological polar surface area (TPSA) is 42.6 Å². The van der Waals surface area contributed by atoms with Crippen LogP contribution in [0.3, 0.4) is 0 Å². The molecule has 170 valence electrons. The van der Waals surface area contributed by atoms with E-state index in [1.807, 2.05) is 12.5 Å². The molecule has 0 amide bonds. The summed E-state index contributed by atoms with van der Waals surface area (Å²) in [6, 6.07) is 0. The molecule has 2 saturated carbocycles. The molecule has 0 spiro atoms. The van der Waals surface area contributed by atoms with Crippen LogP contribution in [0.25, 0.3) is 0 Å². The number of hydrogen-bond acceptors (Lipinski definition) is 3. The lowest BCUT2D eigenvalue weighted by molar-refractivity contribution is -0.177. The number of rotatable bonds is 3. The molecule has 0 aliphatic heterocycles. The summed E-state index contributed by atoms with van der Waals surface area (Å²) in [5, 5.41) is 11.5. The third-order valence-electron chi connectivity index (χ3n) is 10.4. The molecule has 4 heteroatoms. The summed E-state index contributed by atoms with van der Waals surface area (Å²) in [6.45, 7) is 19.7. The van der Waals surface area contributed by atoms with Gasteiger partial charge in [0.2, 0.25) is 0 Å². The summed E-state index contributed by atoms with van der Waals surface area (Å²) in [5.41, 5.74) is 3.17. The second kappa shape index (κ2) is 6.96. The fourth-order valence-electron chi connectivity index (χ4n) is 7.40. The Labute approximate surface area is 185 Å². The quantitative estimate of drug-likeness (QED) is 0.540. The van der Waals surface area contributed by atoms with Gasteiger partial charge in [-0.15, -0.1) is 0 Å². The van der Waals surface area contributed by atoms with Crippen molar-refractivity contribution in [2.24, 2.45) is 22.7 Å². The van der Waals surface area contributed by atoms with Gasteiger partial charge in [0.05, 0.1) is 18.6 Å². The molecule has 1 aromatic rings. The molecule has 1 heterocycles. The third kappa shape index (κ3) is 3.11. The molecular formula is C26H44O3Si. The molecule has 1 N–H and O–H groups in total. The first-order chi connectivity index (χ1) is 13.8. The highest BCUT2D eigenvalue weighted by Gasteiger charge is 2.63. The van der Waals surface area contributed by atoms with Crippen molar-refractivity contribution in [3.63, 3.8) is 0 Å². The van der Waals surface area contributed by atoms with Gasteiger partial charge in [-0.25, -0.2) is 0 Å². The lowest BCUT2D eigenvalue weighted by Crippen LogP contribution is -2.63. The van der Waals surface area contributed by atoms with E-state index >= 15 is 0 Å². The maximum atomic E-state index is 11.3. The van der Waals surface area contributed by atoms with Crippen LogP contribution in [0, 0.1) is 22.7 Å². The molecule has 4 rings (SSSR count). The van der Waals surface area contributed by atoms with Crippen molar-refractivity contribution >= 4 is 8.32 Å². The fourth-order valence-corrected chi connectivity index (χ4v) is 8.50. The molecular weight excluding hydrogens is 388 g/mol. The van der Waals surface area contributed by atoms with Crippen LogP contribution in [-0.4, -0.2) is 26.1 Å². The van der Waals surface area contributed by atoms with E-state index < -0.39 is 8.32 Å². The number of aryl methyl sites for hydroxylation is 1. The second-order valence-corrected chi connectivity index (χ2v) is 17.8. The smallest absolute Gasteiger partial charge is 0.192 e. The maximum absolute atomic E-state index is 11.3. The summed E-state index contributed by atoms with van der Waals surface area (Å²) < 4.78 is 12.4. The summed E-state index contributed by atoms with van der Waals surface area (Å²) in [6.07, 6.45) is 10.5. The number of furan rings is 1. The van der Waals surface area contributed by atoms with Crippen molar-refractivity contribution in [3.05, 3.63) is 23.7 Å². The summed E-state index contributed by atoms with van der Waals surface area (Å²) in [4.78, 5) is 0. The van der Waals surface area contributed by atoms with Crippen LogP contribution in [0.1, 0.15) is 84.8 Å². The Hall–Kier alpha value is -0.583. The summed E-state index contributed by atoms with van der Waals surface area (Å²) in [5.74, 6) is 1.15. The van der Waals surface area contributed by atoms with Crippen molar-refractivity contribution in [1.82, 2.24) is 0 Å². The number of fused-ring (bicyclic) bond motifs is 5. The largest absolute Gasteiger partial charge is 0.472 e. The molecule has 3 aliphatic carbocycles. The van der Waals surface area contributed by atoms with Crippen LogP contribution in [-0.2, 0) is 16.3 Å². The molecule has 0 radical (unpaired) electrons. The molecule has 2 fully saturated rings. The van der Waals surface area contributed by atoms with Gasteiger partial charge in [-0.05, 0) is 90.4 Å². The second-order valence-electron chi connectivity index (χ2n) is 13.0. The Balaban J connectivity index is 1.65. The minimum Gasteiger partial charge on any atom is -0.472 e. The van der Waals surface area contributed by atoms with E-state index in [0.29, 0.717) is 18.4 Å². The van der Waals surface area contributed by atoms with Gasteiger partial charge in [-0.3, -0.25) is 0 Å². The first kappa shape index (κ1) is 22.6. The zero-order valence-corrected chi connectivity index (χ0v) is 21.6. The van der Waals surface area contributed by atoms with E-state index in [1.165, 1.54) is 30.4 Å². The lowest BCUT2D eigenvalue weighted by atomic mass is 9.40. The van der Waals surface area contributed by atoms with Gasteiger partial charge in [0.1, 0.15) is 0 Å². The van der Waals surface area contributed by atoms with Crippen LogP contribution < -0.4 is 0 Å². The zero-order valence-electron chi connectivity index (χ0n) is 20.6. The van der Waals surface area contributed by atoms with Gasteiger partial charge in [-0.1, -0.05) is 41.5 Å². The summed E-state index contributed by atoms with van der Waals surface area (Å²) >= 11 is 0. The number of aliphatic hydroxyl groups is 1. The normalized spacial score (nSPS) is 41.7.